The van der Waals surface area contributed by atoms with Gasteiger partial charge in [-0.15, -0.1) is 0 Å². The normalized spacial score (nSPS) is 17.4. The van der Waals surface area contributed by atoms with Gasteiger partial charge in [-0.3, -0.25) is 4.79 Å². The van der Waals surface area contributed by atoms with E-state index in [0.717, 1.165) is 25.6 Å². The predicted octanol–water partition coefficient (Wildman–Crippen LogP) is 1.87. The fourth-order valence-electron chi connectivity index (χ4n) is 2.30. The molecule has 2 rings (SSSR count). The quantitative estimate of drug-likeness (QED) is 0.762. The van der Waals surface area contributed by atoms with Crippen molar-refractivity contribution in [3.63, 3.8) is 0 Å². The van der Waals surface area contributed by atoms with Gasteiger partial charge in [-0.05, 0) is 30.2 Å². The summed E-state index contributed by atoms with van der Waals surface area (Å²) >= 11 is 0. The Hall–Kier alpha value is -1.09. The standard InChI is InChI=1S/C14H22N2O/c1-12(2)14(6-7-14)11-15-8-10-16-9-4-3-5-13(16)17/h3-5,9,12,15H,6-8,10-11H2,1-2H3. The summed E-state index contributed by atoms with van der Waals surface area (Å²) in [4.78, 5) is 11.5. The summed E-state index contributed by atoms with van der Waals surface area (Å²) in [6.45, 7) is 7.32. The molecule has 0 unspecified atom stereocenters. The molecule has 0 radical (unpaired) electrons. The van der Waals surface area contributed by atoms with E-state index in [4.69, 9.17) is 0 Å². The Balaban J connectivity index is 1.74. The van der Waals surface area contributed by atoms with Crippen LogP contribution in [0.5, 0.6) is 0 Å². The smallest absolute Gasteiger partial charge is 0.250 e. The second-order valence-corrected chi connectivity index (χ2v) is 5.43. The van der Waals surface area contributed by atoms with E-state index in [-0.39, 0.29) is 5.56 Å². The fraction of sp³-hybridized carbons (Fsp3) is 0.643. The molecule has 1 aromatic heterocycles. The average Bonchev–Trinajstić information content (AvgIpc) is 3.08. The predicted molar refractivity (Wildman–Crippen MR) is 70.1 cm³/mol. The Morgan fingerprint density at radius 1 is 1.41 bits per heavy atom. The summed E-state index contributed by atoms with van der Waals surface area (Å²) in [5, 5.41) is 3.49. The van der Waals surface area contributed by atoms with Gasteiger partial charge in [0.05, 0.1) is 0 Å². The minimum Gasteiger partial charge on any atom is -0.314 e. The Morgan fingerprint density at radius 3 is 2.76 bits per heavy atom. The molecule has 1 fully saturated rings. The Bertz CT molecular complexity index is 418. The average molecular weight is 234 g/mol. The number of nitrogens with one attached hydrogen (secondary N) is 1. The first-order chi connectivity index (χ1) is 8.14. The number of hydrogen-bond acceptors (Lipinski definition) is 2. The van der Waals surface area contributed by atoms with Crippen molar-refractivity contribution in [3.05, 3.63) is 34.7 Å². The van der Waals surface area contributed by atoms with Crippen molar-refractivity contribution in [2.45, 2.75) is 33.2 Å². The fourth-order valence-corrected chi connectivity index (χ4v) is 2.30. The van der Waals surface area contributed by atoms with Gasteiger partial charge in [0.2, 0.25) is 0 Å². The zero-order chi connectivity index (χ0) is 12.3. The molecule has 0 aromatic carbocycles. The van der Waals surface area contributed by atoms with Gasteiger partial charge in [0.15, 0.2) is 0 Å². The monoisotopic (exact) mass is 234 g/mol. The third-order valence-electron chi connectivity index (χ3n) is 4.02. The lowest BCUT2D eigenvalue weighted by molar-refractivity contribution is 0.336. The summed E-state index contributed by atoms with van der Waals surface area (Å²) in [7, 11) is 0. The summed E-state index contributed by atoms with van der Waals surface area (Å²) in [5.41, 5.74) is 0.626. The highest BCUT2D eigenvalue weighted by Crippen LogP contribution is 2.51. The van der Waals surface area contributed by atoms with Crippen molar-refractivity contribution in [1.82, 2.24) is 9.88 Å². The van der Waals surface area contributed by atoms with Gasteiger partial charge in [0, 0.05) is 31.9 Å². The van der Waals surface area contributed by atoms with Crippen LogP contribution in [0.25, 0.3) is 0 Å². The van der Waals surface area contributed by atoms with Crippen LogP contribution in [0.4, 0.5) is 0 Å². The van der Waals surface area contributed by atoms with Crippen LogP contribution < -0.4 is 10.9 Å². The lowest BCUT2D eigenvalue weighted by atomic mass is 9.92. The third-order valence-corrected chi connectivity index (χ3v) is 4.02. The van der Waals surface area contributed by atoms with Crippen molar-refractivity contribution in [2.75, 3.05) is 13.1 Å². The van der Waals surface area contributed by atoms with E-state index < -0.39 is 0 Å². The molecule has 1 aliphatic rings. The molecule has 1 aromatic rings. The third kappa shape index (κ3) is 2.97. The number of rotatable bonds is 6. The molecule has 0 amide bonds. The minimum absolute atomic E-state index is 0.0827. The topological polar surface area (TPSA) is 34.0 Å². The van der Waals surface area contributed by atoms with Crippen LogP contribution in [0.2, 0.25) is 0 Å². The van der Waals surface area contributed by atoms with Crippen LogP contribution in [0.3, 0.4) is 0 Å². The van der Waals surface area contributed by atoms with Gasteiger partial charge in [-0.25, -0.2) is 0 Å². The summed E-state index contributed by atoms with van der Waals surface area (Å²) in [6.07, 6.45) is 4.55. The van der Waals surface area contributed by atoms with E-state index in [0.29, 0.717) is 5.41 Å². The Labute approximate surface area is 103 Å². The molecular weight excluding hydrogens is 212 g/mol. The highest BCUT2D eigenvalue weighted by molar-refractivity contribution is 4.97. The molecule has 0 bridgehead atoms. The molecular formula is C14H22N2O. The van der Waals surface area contributed by atoms with Crippen LogP contribution in [0.1, 0.15) is 26.7 Å². The van der Waals surface area contributed by atoms with E-state index in [9.17, 15) is 4.79 Å². The van der Waals surface area contributed by atoms with Crippen molar-refractivity contribution < 1.29 is 0 Å². The van der Waals surface area contributed by atoms with E-state index in [1.807, 2.05) is 12.3 Å². The van der Waals surface area contributed by atoms with Gasteiger partial charge in [0.1, 0.15) is 0 Å². The van der Waals surface area contributed by atoms with Crippen molar-refractivity contribution in [3.8, 4) is 0 Å². The van der Waals surface area contributed by atoms with Gasteiger partial charge < -0.3 is 9.88 Å². The van der Waals surface area contributed by atoms with Crippen LogP contribution in [0, 0.1) is 11.3 Å². The Morgan fingerprint density at radius 2 is 2.18 bits per heavy atom. The van der Waals surface area contributed by atoms with Crippen molar-refractivity contribution in [1.29, 1.82) is 0 Å². The molecule has 1 aliphatic carbocycles. The lowest BCUT2D eigenvalue weighted by Gasteiger charge is -2.20. The SMILES string of the molecule is CC(C)C1(CNCCn2ccccc2=O)CC1. The van der Waals surface area contributed by atoms with Crippen LogP contribution >= 0.6 is 0 Å². The molecule has 0 spiro atoms. The zero-order valence-electron chi connectivity index (χ0n) is 10.8. The first-order valence-corrected chi connectivity index (χ1v) is 6.50. The molecule has 0 aliphatic heterocycles. The van der Waals surface area contributed by atoms with E-state index in [1.54, 1.807) is 16.7 Å². The minimum atomic E-state index is 0.0827. The first kappa shape index (κ1) is 12.4. The first-order valence-electron chi connectivity index (χ1n) is 6.50. The second kappa shape index (κ2) is 5.05. The van der Waals surface area contributed by atoms with Gasteiger partial charge in [-0.2, -0.15) is 0 Å². The summed E-state index contributed by atoms with van der Waals surface area (Å²) < 4.78 is 1.75. The Kier molecular flexibility index (Phi) is 3.67. The molecule has 3 nitrogen and oxygen atoms in total. The van der Waals surface area contributed by atoms with Crippen LogP contribution in [0.15, 0.2) is 29.2 Å². The maximum atomic E-state index is 11.5. The van der Waals surface area contributed by atoms with Crippen molar-refractivity contribution in [2.24, 2.45) is 11.3 Å². The molecule has 3 heteroatoms. The van der Waals surface area contributed by atoms with E-state index in [1.165, 1.54) is 12.8 Å². The van der Waals surface area contributed by atoms with Gasteiger partial charge in [-0.1, -0.05) is 19.9 Å². The molecule has 17 heavy (non-hydrogen) atoms. The number of hydrogen-bond donors (Lipinski definition) is 1. The summed E-state index contributed by atoms with van der Waals surface area (Å²) in [6, 6.07) is 5.29. The van der Waals surface area contributed by atoms with E-state index in [2.05, 4.69) is 19.2 Å². The van der Waals surface area contributed by atoms with Crippen LogP contribution in [-0.4, -0.2) is 17.7 Å². The van der Waals surface area contributed by atoms with Crippen molar-refractivity contribution >= 4 is 0 Å². The largest absolute Gasteiger partial charge is 0.314 e. The molecule has 1 saturated carbocycles. The number of pyridine rings is 1. The highest BCUT2D eigenvalue weighted by atomic mass is 16.1. The maximum absolute atomic E-state index is 11.5. The van der Waals surface area contributed by atoms with Crippen LogP contribution in [-0.2, 0) is 6.54 Å². The van der Waals surface area contributed by atoms with Gasteiger partial charge >= 0.3 is 0 Å². The lowest BCUT2D eigenvalue weighted by Crippen LogP contribution is -2.32. The summed E-state index contributed by atoms with van der Waals surface area (Å²) in [5.74, 6) is 0.759. The maximum Gasteiger partial charge on any atom is 0.250 e. The van der Waals surface area contributed by atoms with Gasteiger partial charge in [0.25, 0.3) is 5.56 Å². The number of nitrogens with zero attached hydrogens (tertiary/aromatic N) is 1. The molecule has 94 valence electrons. The molecule has 0 saturated heterocycles. The second-order valence-electron chi connectivity index (χ2n) is 5.43. The molecule has 0 atom stereocenters. The highest BCUT2D eigenvalue weighted by Gasteiger charge is 2.44. The zero-order valence-corrected chi connectivity index (χ0v) is 10.8. The number of aromatic nitrogens is 1. The van der Waals surface area contributed by atoms with E-state index >= 15 is 0 Å². The molecule has 1 heterocycles. The molecule has 1 N–H and O–H groups in total.